The Hall–Kier alpha value is -2.91. The van der Waals surface area contributed by atoms with Crippen LogP contribution in [0.1, 0.15) is 61.7 Å². The van der Waals surface area contributed by atoms with Crippen LogP contribution in [-0.4, -0.2) is 50.1 Å². The number of nitrogens with one attached hydrogen (secondary N) is 1. The van der Waals surface area contributed by atoms with Crippen molar-refractivity contribution in [2.45, 2.75) is 59.9 Å². The molecule has 0 saturated heterocycles. The molecule has 2 heterocycles. The van der Waals surface area contributed by atoms with E-state index in [9.17, 15) is 4.79 Å². The number of ether oxygens (including phenoxy) is 2. The van der Waals surface area contributed by atoms with Crippen LogP contribution in [0.2, 0.25) is 0 Å². The average molecular weight is 492 g/mol. The van der Waals surface area contributed by atoms with E-state index in [-0.39, 0.29) is 49.0 Å². The van der Waals surface area contributed by atoms with Crippen LogP contribution in [0.5, 0.6) is 11.6 Å². The highest BCUT2D eigenvalue weighted by atomic mass is 35.5. The molecule has 3 aromatic rings. The van der Waals surface area contributed by atoms with Gasteiger partial charge in [0.25, 0.3) is 0 Å². The Morgan fingerprint density at radius 2 is 1.85 bits per heavy atom. The summed E-state index contributed by atoms with van der Waals surface area (Å²) in [5.41, 5.74) is 3.58. The number of ketones is 1. The van der Waals surface area contributed by atoms with Gasteiger partial charge in [0.05, 0.1) is 13.2 Å². The smallest absolute Gasteiger partial charge is 0.242 e. The number of aryl methyl sites for hydroxylation is 1. The van der Waals surface area contributed by atoms with E-state index in [1.54, 1.807) is 6.07 Å². The summed E-state index contributed by atoms with van der Waals surface area (Å²) in [4.78, 5) is 13.2. The quantitative estimate of drug-likeness (QED) is 0.444. The first kappa shape index (κ1) is 27.3. The van der Waals surface area contributed by atoms with Crippen LogP contribution in [0.4, 0.5) is 0 Å². The maximum absolute atomic E-state index is 13.2. The Labute approximate surface area is 205 Å². The number of carbonyl (C=O) groups is 1. The van der Waals surface area contributed by atoms with Crippen LogP contribution in [0.15, 0.2) is 18.2 Å². The minimum atomic E-state index is -0.198. The maximum Gasteiger partial charge on any atom is 0.242 e. The molecule has 34 heavy (non-hydrogen) atoms. The van der Waals surface area contributed by atoms with Crippen molar-refractivity contribution < 1.29 is 19.4 Å². The third-order valence-electron chi connectivity index (χ3n) is 5.48. The molecule has 0 spiro atoms. The van der Waals surface area contributed by atoms with E-state index in [0.717, 1.165) is 16.7 Å². The molecule has 10 heteroatoms. The lowest BCUT2D eigenvalue weighted by atomic mass is 9.85. The number of aromatic nitrogens is 4. The molecule has 0 aliphatic carbocycles. The molecule has 0 aliphatic heterocycles. The molecule has 0 bridgehead atoms. The molecule has 0 aliphatic rings. The second kappa shape index (κ2) is 11.0. The third kappa shape index (κ3) is 5.59. The van der Waals surface area contributed by atoms with Gasteiger partial charge in [0.2, 0.25) is 11.5 Å². The number of benzene rings is 1. The molecule has 0 saturated carbocycles. The first-order valence-corrected chi connectivity index (χ1v) is 11.2. The highest BCUT2D eigenvalue weighted by molar-refractivity contribution is 5.96. The number of aliphatic hydroxyl groups excluding tert-OH is 1. The molecule has 0 radical (unpaired) electrons. The van der Waals surface area contributed by atoms with Gasteiger partial charge in [-0.15, -0.1) is 22.6 Å². The number of hydrogen-bond acceptors (Lipinski definition) is 7. The zero-order valence-electron chi connectivity index (χ0n) is 20.6. The highest BCUT2D eigenvalue weighted by Gasteiger charge is 2.21. The second-order valence-electron chi connectivity index (χ2n) is 8.90. The molecule has 0 atom stereocenters. The molecule has 3 rings (SSSR count). The van der Waals surface area contributed by atoms with Crippen molar-refractivity contribution >= 4 is 23.8 Å². The Morgan fingerprint density at radius 3 is 2.44 bits per heavy atom. The van der Waals surface area contributed by atoms with Crippen LogP contribution in [0.3, 0.4) is 0 Å². The predicted molar refractivity (Wildman–Crippen MR) is 131 cm³/mol. The lowest BCUT2D eigenvalue weighted by molar-refractivity contribution is 0.0965. The highest BCUT2D eigenvalue weighted by Crippen LogP contribution is 2.28. The second-order valence-corrected chi connectivity index (χ2v) is 8.90. The van der Waals surface area contributed by atoms with Crippen LogP contribution in [0, 0.1) is 12.3 Å². The summed E-state index contributed by atoms with van der Waals surface area (Å²) in [7, 11) is 0. The fourth-order valence-corrected chi connectivity index (χ4v) is 3.63. The van der Waals surface area contributed by atoms with Gasteiger partial charge in [0.1, 0.15) is 18.9 Å². The van der Waals surface area contributed by atoms with Crippen LogP contribution < -0.4 is 15.1 Å². The van der Waals surface area contributed by atoms with Gasteiger partial charge < -0.3 is 14.6 Å². The summed E-state index contributed by atoms with van der Waals surface area (Å²) in [5.74, 6) is 0.796. The number of nitrogens with zero attached hydrogens (tertiary/aromatic N) is 4. The van der Waals surface area contributed by atoms with Gasteiger partial charge in [-0.2, -0.15) is 4.52 Å². The van der Waals surface area contributed by atoms with Gasteiger partial charge in [-0.25, -0.2) is 4.68 Å². The first-order chi connectivity index (χ1) is 15.6. The van der Waals surface area contributed by atoms with Gasteiger partial charge >= 0.3 is 0 Å². The number of fused-ring (bicyclic) bond motifs is 1. The van der Waals surface area contributed by atoms with E-state index in [1.165, 1.54) is 9.20 Å². The lowest BCUT2D eigenvalue weighted by Gasteiger charge is -2.21. The van der Waals surface area contributed by atoms with Crippen molar-refractivity contribution in [2.75, 3.05) is 19.8 Å². The molecule has 9 nitrogen and oxygen atoms in total. The van der Waals surface area contributed by atoms with E-state index in [4.69, 9.17) is 20.0 Å². The van der Waals surface area contributed by atoms with E-state index in [1.807, 2.05) is 32.9 Å². The molecular weight excluding hydrogens is 458 g/mol. The largest absolute Gasteiger partial charge is 0.491 e. The molecule has 186 valence electrons. The van der Waals surface area contributed by atoms with E-state index >= 15 is 0 Å². The number of Topliss-reactive ketones (excluding diaryl/α,β-unsaturated/α-hetero) is 1. The molecule has 1 aromatic carbocycles. The predicted octanol–water partition coefficient (Wildman–Crippen LogP) is 3.25. The Balaban J connectivity index is 0.00000408. The lowest BCUT2D eigenvalue weighted by Crippen LogP contribution is -2.26. The fourth-order valence-electron chi connectivity index (χ4n) is 3.63. The van der Waals surface area contributed by atoms with Gasteiger partial charge in [0, 0.05) is 16.7 Å². The fraction of sp³-hybridized carbons (Fsp3) is 0.500. The number of halogens is 1. The Morgan fingerprint density at radius 1 is 1.15 bits per heavy atom. The topological polar surface area (TPSA) is 115 Å². The van der Waals surface area contributed by atoms with Crippen molar-refractivity contribution in [1.82, 2.24) is 19.4 Å². The SMILES string of the molecule is CCOc1nn2c(=N)n(CC(=O)c3cc(OCCO)cc(C(C)(C)C)c3)nc2c(CC)c1C.Cl. The van der Waals surface area contributed by atoms with Gasteiger partial charge in [-0.1, -0.05) is 27.7 Å². The average Bonchev–Trinajstić information content (AvgIpc) is 3.07. The molecule has 0 fully saturated rings. The van der Waals surface area contributed by atoms with Crippen molar-refractivity contribution in [3.05, 3.63) is 46.1 Å². The van der Waals surface area contributed by atoms with Crippen molar-refractivity contribution in [3.8, 4) is 11.6 Å². The Bertz CT molecular complexity index is 1230. The molecule has 0 unspecified atom stereocenters. The van der Waals surface area contributed by atoms with Crippen molar-refractivity contribution in [2.24, 2.45) is 0 Å². The normalized spacial score (nSPS) is 11.4. The minimum Gasteiger partial charge on any atom is -0.491 e. The summed E-state index contributed by atoms with van der Waals surface area (Å²) >= 11 is 0. The van der Waals surface area contributed by atoms with Crippen LogP contribution >= 0.6 is 12.4 Å². The van der Waals surface area contributed by atoms with E-state index in [2.05, 4.69) is 31.0 Å². The first-order valence-electron chi connectivity index (χ1n) is 11.2. The summed E-state index contributed by atoms with van der Waals surface area (Å²) in [6, 6.07) is 5.40. The van der Waals surface area contributed by atoms with E-state index in [0.29, 0.717) is 35.9 Å². The Kier molecular flexibility index (Phi) is 8.85. The number of carbonyl (C=O) groups excluding carboxylic acids is 1. The number of aliphatic hydroxyl groups is 1. The van der Waals surface area contributed by atoms with Crippen molar-refractivity contribution in [1.29, 1.82) is 5.41 Å². The van der Waals surface area contributed by atoms with E-state index < -0.39 is 0 Å². The minimum absolute atomic E-state index is 0. The summed E-state index contributed by atoms with van der Waals surface area (Å²) in [6.45, 7) is 12.4. The third-order valence-corrected chi connectivity index (χ3v) is 5.48. The maximum atomic E-state index is 13.2. The summed E-state index contributed by atoms with van der Waals surface area (Å²) in [5, 5.41) is 26.6. The molecule has 0 amide bonds. The molecule has 2 N–H and O–H groups in total. The standard InChI is InChI=1S/C24H33N5O4.ClH/c1-7-19-15(3)22(32-8-2)27-29-21(19)26-28(23(29)25)14-20(31)16-11-17(24(4,5)6)13-18(12-16)33-10-9-30;/h11-13,25,30H,7-10,14H2,1-6H3;1H. The van der Waals surface area contributed by atoms with Gasteiger partial charge in [-0.05, 0) is 49.4 Å². The van der Waals surface area contributed by atoms with Crippen LogP contribution in [-0.2, 0) is 18.4 Å². The zero-order chi connectivity index (χ0) is 24.3. The molecule has 2 aromatic heterocycles. The number of hydrogen-bond donors (Lipinski definition) is 2. The number of rotatable bonds is 9. The van der Waals surface area contributed by atoms with Crippen LogP contribution in [0.25, 0.3) is 5.65 Å². The van der Waals surface area contributed by atoms with Crippen molar-refractivity contribution in [3.63, 3.8) is 0 Å². The zero-order valence-corrected chi connectivity index (χ0v) is 21.5. The van der Waals surface area contributed by atoms with Gasteiger partial charge in [-0.3, -0.25) is 10.2 Å². The molecular formula is C24H34ClN5O4. The monoisotopic (exact) mass is 491 g/mol. The van der Waals surface area contributed by atoms with Gasteiger partial charge in [0.15, 0.2) is 11.4 Å². The summed E-state index contributed by atoms with van der Waals surface area (Å²) in [6.07, 6.45) is 0.696. The summed E-state index contributed by atoms with van der Waals surface area (Å²) < 4.78 is 14.0.